The summed E-state index contributed by atoms with van der Waals surface area (Å²) in [6.07, 6.45) is 1.50. The number of aryl methyl sites for hydroxylation is 1. The first-order chi connectivity index (χ1) is 10.6. The Morgan fingerprint density at radius 1 is 1.14 bits per heavy atom. The van der Waals surface area contributed by atoms with Crippen LogP contribution in [0, 0.1) is 0 Å². The molecule has 3 nitrogen and oxygen atoms in total. The molecule has 0 aliphatic carbocycles. The van der Waals surface area contributed by atoms with Gasteiger partial charge in [-0.25, -0.2) is 4.79 Å². The lowest BCUT2D eigenvalue weighted by Gasteiger charge is -2.29. The normalized spacial score (nSPS) is 13.4. The maximum absolute atomic E-state index is 11.8. The van der Waals surface area contributed by atoms with Crippen LogP contribution in [0.4, 0.5) is 0 Å². The Morgan fingerprint density at radius 3 is 2.32 bits per heavy atom. The average Bonchev–Trinajstić information content (AvgIpc) is 2.54. The second-order valence-electron chi connectivity index (χ2n) is 5.19. The van der Waals surface area contributed by atoms with E-state index >= 15 is 0 Å². The second-order valence-corrected chi connectivity index (χ2v) is 6.11. The number of hydrogen-bond donors (Lipinski definition) is 1. The molecule has 2 aromatic rings. The van der Waals surface area contributed by atoms with Gasteiger partial charge >= 0.3 is 5.97 Å². The van der Waals surface area contributed by atoms with E-state index in [4.69, 9.17) is 4.74 Å². The first-order valence-corrected chi connectivity index (χ1v) is 8.07. The highest BCUT2D eigenvalue weighted by Gasteiger charge is 2.39. The summed E-state index contributed by atoms with van der Waals surface area (Å²) in [4.78, 5) is 11.8. The van der Waals surface area contributed by atoms with Crippen LogP contribution in [0.15, 0.2) is 59.1 Å². The Kier molecular flexibility index (Phi) is 5.61. The van der Waals surface area contributed by atoms with Crippen molar-refractivity contribution < 1.29 is 14.6 Å². The number of ether oxygens (including phenoxy) is 1. The fourth-order valence-electron chi connectivity index (χ4n) is 2.32. The lowest BCUT2D eigenvalue weighted by atomic mass is 9.92. The van der Waals surface area contributed by atoms with Gasteiger partial charge in [0.05, 0.1) is 0 Å². The Hall–Kier alpha value is -1.81. The van der Waals surface area contributed by atoms with Crippen LogP contribution in [0.1, 0.15) is 25.3 Å². The lowest BCUT2D eigenvalue weighted by molar-refractivity contribution is -0.156. The minimum Gasteiger partial charge on any atom is -0.478 e. The summed E-state index contributed by atoms with van der Waals surface area (Å²) >= 11 is 3.36. The number of carboxylic acid groups (broad SMARTS) is 1. The molecule has 0 radical (unpaired) electrons. The summed E-state index contributed by atoms with van der Waals surface area (Å²) in [5.74, 6) is -0.352. The third kappa shape index (κ3) is 4.10. The van der Waals surface area contributed by atoms with E-state index in [1.807, 2.05) is 49.4 Å². The van der Waals surface area contributed by atoms with Crippen LogP contribution < -0.4 is 4.74 Å². The van der Waals surface area contributed by atoms with Gasteiger partial charge in [-0.2, -0.15) is 0 Å². The summed E-state index contributed by atoms with van der Waals surface area (Å²) in [6.45, 7) is 1.85. The van der Waals surface area contributed by atoms with Crippen molar-refractivity contribution in [3.8, 4) is 5.75 Å². The molecule has 0 spiro atoms. The summed E-state index contributed by atoms with van der Waals surface area (Å²) in [5.41, 5.74) is -0.0927. The van der Waals surface area contributed by atoms with E-state index in [-0.39, 0.29) is 0 Å². The van der Waals surface area contributed by atoms with Crippen molar-refractivity contribution >= 4 is 21.9 Å². The van der Waals surface area contributed by atoms with Crippen LogP contribution in [-0.4, -0.2) is 16.7 Å². The van der Waals surface area contributed by atoms with Gasteiger partial charge in [0.1, 0.15) is 5.75 Å². The summed E-state index contributed by atoms with van der Waals surface area (Å²) in [5, 5.41) is 9.68. The van der Waals surface area contributed by atoms with Gasteiger partial charge in [0.2, 0.25) is 5.60 Å². The van der Waals surface area contributed by atoms with Gasteiger partial charge in [-0.05, 0) is 42.7 Å². The zero-order valence-electron chi connectivity index (χ0n) is 12.5. The molecule has 0 aliphatic heterocycles. The van der Waals surface area contributed by atoms with Crippen molar-refractivity contribution in [2.45, 2.75) is 31.8 Å². The fourth-order valence-corrected chi connectivity index (χ4v) is 2.59. The first kappa shape index (κ1) is 16.6. The van der Waals surface area contributed by atoms with Crippen molar-refractivity contribution in [3.05, 3.63) is 64.6 Å². The first-order valence-electron chi connectivity index (χ1n) is 7.27. The predicted octanol–water partition coefficient (Wildman–Crippen LogP) is 4.69. The van der Waals surface area contributed by atoms with Gasteiger partial charge < -0.3 is 9.84 Å². The maximum Gasteiger partial charge on any atom is 0.348 e. The Balaban J connectivity index is 2.16. The molecule has 2 aromatic carbocycles. The second kappa shape index (κ2) is 7.45. The third-order valence-electron chi connectivity index (χ3n) is 3.75. The van der Waals surface area contributed by atoms with Gasteiger partial charge in [0, 0.05) is 10.9 Å². The monoisotopic (exact) mass is 362 g/mol. The molecule has 0 fully saturated rings. The summed E-state index contributed by atoms with van der Waals surface area (Å²) in [6, 6.07) is 17.1. The highest BCUT2D eigenvalue weighted by Crippen LogP contribution is 2.28. The standard InChI is InChI=1S/C18H19BrO3/c1-2-18(17(20)21,13-12-14-6-4-3-5-7-14)22-16-10-8-15(19)9-11-16/h3-11H,2,12-13H2,1H3,(H,20,21)/t18-/m0/s1. The van der Waals surface area contributed by atoms with Crippen LogP contribution in [0.3, 0.4) is 0 Å². The topological polar surface area (TPSA) is 46.5 Å². The van der Waals surface area contributed by atoms with Crippen LogP contribution in [0.2, 0.25) is 0 Å². The molecule has 0 saturated heterocycles. The molecule has 22 heavy (non-hydrogen) atoms. The van der Waals surface area contributed by atoms with Crippen LogP contribution in [-0.2, 0) is 11.2 Å². The minimum absolute atomic E-state index is 0.408. The number of aliphatic carboxylic acids is 1. The minimum atomic E-state index is -1.20. The molecular weight excluding hydrogens is 344 g/mol. The van der Waals surface area contributed by atoms with Crippen molar-refractivity contribution in [1.29, 1.82) is 0 Å². The van der Waals surface area contributed by atoms with E-state index < -0.39 is 11.6 Å². The van der Waals surface area contributed by atoms with Gasteiger partial charge in [-0.15, -0.1) is 0 Å². The molecule has 0 unspecified atom stereocenters. The Morgan fingerprint density at radius 2 is 1.77 bits per heavy atom. The fraction of sp³-hybridized carbons (Fsp3) is 0.278. The molecule has 0 heterocycles. The SMILES string of the molecule is CC[C@@](CCc1ccccc1)(Oc1ccc(Br)cc1)C(=O)O. The predicted molar refractivity (Wildman–Crippen MR) is 90.2 cm³/mol. The molecule has 116 valence electrons. The average molecular weight is 363 g/mol. The van der Waals surface area contributed by atoms with Crippen molar-refractivity contribution in [2.75, 3.05) is 0 Å². The molecule has 2 rings (SSSR count). The highest BCUT2D eigenvalue weighted by molar-refractivity contribution is 9.10. The van der Waals surface area contributed by atoms with Gasteiger partial charge in [0.25, 0.3) is 0 Å². The molecular formula is C18H19BrO3. The van der Waals surface area contributed by atoms with E-state index in [0.29, 0.717) is 25.0 Å². The van der Waals surface area contributed by atoms with Gasteiger partial charge in [0.15, 0.2) is 0 Å². The quantitative estimate of drug-likeness (QED) is 0.776. The molecule has 0 saturated carbocycles. The van der Waals surface area contributed by atoms with Crippen LogP contribution in [0.5, 0.6) is 5.75 Å². The molecule has 0 amide bonds. The largest absolute Gasteiger partial charge is 0.478 e. The Bertz CT molecular complexity index is 610. The molecule has 1 atom stereocenters. The highest BCUT2D eigenvalue weighted by atomic mass is 79.9. The van der Waals surface area contributed by atoms with Crippen molar-refractivity contribution in [2.24, 2.45) is 0 Å². The van der Waals surface area contributed by atoms with Gasteiger partial charge in [-0.3, -0.25) is 0 Å². The zero-order valence-corrected chi connectivity index (χ0v) is 14.0. The van der Waals surface area contributed by atoms with Gasteiger partial charge in [-0.1, -0.05) is 53.2 Å². The lowest BCUT2D eigenvalue weighted by Crippen LogP contribution is -2.44. The number of hydrogen-bond acceptors (Lipinski definition) is 2. The number of carboxylic acids is 1. The number of benzene rings is 2. The Labute approximate surface area is 139 Å². The van der Waals surface area contributed by atoms with E-state index in [2.05, 4.69) is 15.9 Å². The van der Waals surface area contributed by atoms with Crippen LogP contribution in [0.25, 0.3) is 0 Å². The van der Waals surface area contributed by atoms with Crippen molar-refractivity contribution in [3.63, 3.8) is 0 Å². The maximum atomic E-state index is 11.8. The van der Waals surface area contributed by atoms with E-state index in [9.17, 15) is 9.90 Å². The number of rotatable bonds is 7. The molecule has 0 aliphatic rings. The summed E-state index contributed by atoms with van der Waals surface area (Å²) in [7, 11) is 0. The van der Waals surface area contributed by atoms with E-state index in [1.54, 1.807) is 12.1 Å². The van der Waals surface area contributed by atoms with E-state index in [1.165, 1.54) is 0 Å². The molecule has 4 heteroatoms. The zero-order chi connectivity index (χ0) is 16.0. The third-order valence-corrected chi connectivity index (χ3v) is 4.28. The molecule has 0 aromatic heterocycles. The summed E-state index contributed by atoms with van der Waals surface area (Å²) < 4.78 is 6.80. The van der Waals surface area contributed by atoms with Crippen molar-refractivity contribution in [1.82, 2.24) is 0 Å². The number of carbonyl (C=O) groups is 1. The van der Waals surface area contributed by atoms with Crippen LogP contribution >= 0.6 is 15.9 Å². The molecule has 1 N–H and O–H groups in total. The number of halogens is 1. The van der Waals surface area contributed by atoms with E-state index in [0.717, 1.165) is 10.0 Å². The smallest absolute Gasteiger partial charge is 0.348 e. The molecule has 0 bridgehead atoms.